The average molecular weight is 335 g/mol. The molecule has 1 aromatic rings. The van der Waals surface area contributed by atoms with Crippen LogP contribution in [-0.2, 0) is 4.79 Å². The second-order valence-electron chi connectivity index (χ2n) is 4.24. The molecule has 0 heterocycles. The van der Waals surface area contributed by atoms with Crippen LogP contribution in [0.1, 0.15) is 33.1 Å². The lowest BCUT2D eigenvalue weighted by molar-refractivity contribution is -0.142. The van der Waals surface area contributed by atoms with Gasteiger partial charge in [-0.05, 0) is 47.0 Å². The summed E-state index contributed by atoms with van der Waals surface area (Å²) in [6.07, 6.45) is 1.91. The maximum Gasteiger partial charge on any atom is 0.329 e. The Kier molecular flexibility index (Phi) is 5.47. The first-order valence-electron chi connectivity index (χ1n) is 5.92. The molecule has 0 amide bonds. The molecule has 18 heavy (non-hydrogen) atoms. The first-order valence-corrected chi connectivity index (χ1v) is 7.09. The Hall–Kier alpha value is -0.740. The number of hydrogen-bond donors (Lipinski definition) is 2. The third kappa shape index (κ3) is 3.39. The Morgan fingerprint density at radius 2 is 2.17 bits per heavy atom. The van der Waals surface area contributed by atoms with Crippen LogP contribution in [0, 0.1) is 0 Å². The van der Waals surface area contributed by atoms with Gasteiger partial charge >= 0.3 is 5.97 Å². The van der Waals surface area contributed by atoms with Gasteiger partial charge in [-0.1, -0.05) is 31.9 Å². The van der Waals surface area contributed by atoms with Crippen LogP contribution in [0.4, 0.5) is 5.69 Å². The fourth-order valence-corrected chi connectivity index (χ4v) is 2.41. The van der Waals surface area contributed by atoms with Crippen molar-refractivity contribution in [1.29, 1.82) is 0 Å². The van der Waals surface area contributed by atoms with Crippen LogP contribution in [0.25, 0.3) is 0 Å². The van der Waals surface area contributed by atoms with E-state index in [4.69, 9.17) is 11.6 Å². The van der Waals surface area contributed by atoms with Gasteiger partial charge in [0.15, 0.2) is 0 Å². The second kappa shape index (κ2) is 6.43. The van der Waals surface area contributed by atoms with Crippen molar-refractivity contribution in [3.8, 4) is 0 Å². The first-order chi connectivity index (χ1) is 8.45. The van der Waals surface area contributed by atoms with E-state index in [0.717, 1.165) is 16.6 Å². The largest absolute Gasteiger partial charge is 0.480 e. The zero-order chi connectivity index (χ0) is 13.8. The first kappa shape index (κ1) is 15.3. The zero-order valence-corrected chi connectivity index (χ0v) is 12.8. The highest BCUT2D eigenvalue weighted by Crippen LogP contribution is 2.29. The van der Waals surface area contributed by atoms with Crippen molar-refractivity contribution < 1.29 is 9.90 Å². The molecule has 0 fully saturated rings. The van der Waals surface area contributed by atoms with Crippen molar-refractivity contribution >= 4 is 39.2 Å². The van der Waals surface area contributed by atoms with Crippen molar-refractivity contribution in [2.24, 2.45) is 0 Å². The molecule has 0 aliphatic rings. The number of carboxylic acid groups (broad SMARTS) is 1. The summed E-state index contributed by atoms with van der Waals surface area (Å²) >= 11 is 9.25. The number of carboxylic acids is 1. The molecule has 0 aliphatic carbocycles. The van der Waals surface area contributed by atoms with Gasteiger partial charge in [0.05, 0.1) is 5.02 Å². The third-order valence-electron chi connectivity index (χ3n) is 2.99. The Balaban J connectivity index is 3.02. The van der Waals surface area contributed by atoms with Crippen LogP contribution in [0.3, 0.4) is 0 Å². The fourth-order valence-electron chi connectivity index (χ4n) is 1.92. The summed E-state index contributed by atoms with van der Waals surface area (Å²) in [6.45, 7) is 3.86. The molecule has 0 saturated heterocycles. The standard InChI is InChI=1S/C13H17BrClNO2/c1-3-7-13(4-2,12(17)18)16-9-5-6-11(15)10(14)8-9/h5-6,8,16H,3-4,7H2,1-2H3,(H,17,18). The van der Waals surface area contributed by atoms with E-state index in [0.29, 0.717) is 17.9 Å². The SMILES string of the molecule is CCCC(CC)(Nc1ccc(Cl)c(Br)c1)C(=O)O. The summed E-state index contributed by atoms with van der Waals surface area (Å²) in [5.74, 6) is -0.821. The molecule has 1 atom stereocenters. The predicted octanol–water partition coefficient (Wildman–Crippen LogP) is 4.55. The normalized spacial score (nSPS) is 14.0. The molecule has 0 radical (unpaired) electrons. The number of rotatable bonds is 6. The molecule has 3 nitrogen and oxygen atoms in total. The van der Waals surface area contributed by atoms with Gasteiger partial charge < -0.3 is 10.4 Å². The summed E-state index contributed by atoms with van der Waals surface area (Å²) in [5, 5.41) is 13.2. The summed E-state index contributed by atoms with van der Waals surface area (Å²) in [4.78, 5) is 11.5. The van der Waals surface area contributed by atoms with E-state index in [1.807, 2.05) is 13.8 Å². The van der Waals surface area contributed by atoms with Gasteiger partial charge in [0.25, 0.3) is 0 Å². The minimum Gasteiger partial charge on any atom is -0.480 e. The van der Waals surface area contributed by atoms with Crippen LogP contribution in [-0.4, -0.2) is 16.6 Å². The van der Waals surface area contributed by atoms with E-state index in [1.165, 1.54) is 0 Å². The van der Waals surface area contributed by atoms with Gasteiger partial charge in [0, 0.05) is 10.2 Å². The molecule has 5 heteroatoms. The monoisotopic (exact) mass is 333 g/mol. The highest BCUT2D eigenvalue weighted by atomic mass is 79.9. The van der Waals surface area contributed by atoms with Gasteiger partial charge in [0.2, 0.25) is 0 Å². The van der Waals surface area contributed by atoms with Crippen molar-refractivity contribution in [3.05, 3.63) is 27.7 Å². The lowest BCUT2D eigenvalue weighted by Gasteiger charge is -2.30. The molecule has 1 unspecified atom stereocenters. The van der Waals surface area contributed by atoms with Crippen molar-refractivity contribution in [1.82, 2.24) is 0 Å². The number of aliphatic carboxylic acids is 1. The molecule has 1 aromatic carbocycles. The molecule has 0 aromatic heterocycles. The van der Waals surface area contributed by atoms with Gasteiger partial charge in [-0.3, -0.25) is 0 Å². The zero-order valence-electron chi connectivity index (χ0n) is 10.5. The topological polar surface area (TPSA) is 49.3 Å². The van der Waals surface area contributed by atoms with Crippen LogP contribution < -0.4 is 5.32 Å². The quantitative estimate of drug-likeness (QED) is 0.802. The fraction of sp³-hybridized carbons (Fsp3) is 0.462. The molecule has 100 valence electrons. The minimum absolute atomic E-state index is 0.524. The molecule has 0 aliphatic heterocycles. The Labute approximate surface area is 121 Å². The van der Waals surface area contributed by atoms with Crippen LogP contribution in [0.5, 0.6) is 0 Å². The number of halogens is 2. The Bertz CT molecular complexity index is 439. The lowest BCUT2D eigenvalue weighted by atomic mass is 9.90. The smallest absolute Gasteiger partial charge is 0.329 e. The van der Waals surface area contributed by atoms with Crippen molar-refractivity contribution in [3.63, 3.8) is 0 Å². The molecular formula is C13H17BrClNO2. The predicted molar refractivity (Wildman–Crippen MR) is 78.3 cm³/mol. The number of carbonyl (C=O) groups is 1. The van der Waals surface area contributed by atoms with E-state index in [9.17, 15) is 9.90 Å². The molecule has 0 spiro atoms. The Morgan fingerprint density at radius 3 is 2.61 bits per heavy atom. The lowest BCUT2D eigenvalue weighted by Crippen LogP contribution is -2.45. The van der Waals surface area contributed by atoms with Gasteiger partial charge in [-0.25, -0.2) is 4.79 Å². The number of hydrogen-bond acceptors (Lipinski definition) is 2. The molecule has 0 bridgehead atoms. The van der Waals surface area contributed by atoms with E-state index < -0.39 is 11.5 Å². The molecule has 0 saturated carbocycles. The van der Waals surface area contributed by atoms with Crippen LogP contribution >= 0.6 is 27.5 Å². The molecule has 1 rings (SSSR count). The van der Waals surface area contributed by atoms with Crippen LogP contribution in [0.15, 0.2) is 22.7 Å². The highest BCUT2D eigenvalue weighted by Gasteiger charge is 2.35. The maximum atomic E-state index is 11.5. The van der Waals surface area contributed by atoms with Crippen molar-refractivity contribution in [2.75, 3.05) is 5.32 Å². The summed E-state index contributed by atoms with van der Waals surface area (Å²) in [7, 11) is 0. The van der Waals surface area contributed by atoms with Crippen LogP contribution in [0.2, 0.25) is 5.02 Å². The summed E-state index contributed by atoms with van der Waals surface area (Å²) < 4.78 is 0.751. The van der Waals surface area contributed by atoms with E-state index in [1.54, 1.807) is 18.2 Å². The third-order valence-corrected chi connectivity index (χ3v) is 4.21. The maximum absolute atomic E-state index is 11.5. The Morgan fingerprint density at radius 1 is 1.50 bits per heavy atom. The highest BCUT2D eigenvalue weighted by molar-refractivity contribution is 9.10. The van der Waals surface area contributed by atoms with E-state index in [-0.39, 0.29) is 0 Å². The van der Waals surface area contributed by atoms with Gasteiger partial charge in [-0.2, -0.15) is 0 Å². The summed E-state index contributed by atoms with van der Waals surface area (Å²) in [5.41, 5.74) is -0.161. The van der Waals surface area contributed by atoms with E-state index in [2.05, 4.69) is 21.2 Å². The number of nitrogens with one attached hydrogen (secondary N) is 1. The average Bonchev–Trinajstić information content (AvgIpc) is 2.33. The molecular weight excluding hydrogens is 318 g/mol. The summed E-state index contributed by atoms with van der Waals surface area (Å²) in [6, 6.07) is 5.32. The van der Waals surface area contributed by atoms with Crippen molar-refractivity contribution in [2.45, 2.75) is 38.6 Å². The molecule has 2 N–H and O–H groups in total. The van der Waals surface area contributed by atoms with E-state index >= 15 is 0 Å². The minimum atomic E-state index is -0.915. The number of benzene rings is 1. The second-order valence-corrected chi connectivity index (χ2v) is 5.51. The van der Waals surface area contributed by atoms with Gasteiger partial charge in [0.1, 0.15) is 5.54 Å². The number of anilines is 1. The van der Waals surface area contributed by atoms with Gasteiger partial charge in [-0.15, -0.1) is 0 Å².